The van der Waals surface area contributed by atoms with Crippen LogP contribution in [0.2, 0.25) is 5.02 Å². The molecule has 0 spiro atoms. The van der Waals surface area contributed by atoms with Gasteiger partial charge in [-0.1, -0.05) is 11.6 Å². The zero-order valence-electron chi connectivity index (χ0n) is 12.3. The van der Waals surface area contributed by atoms with E-state index in [2.05, 4.69) is 4.72 Å². The number of nitrogens with one attached hydrogen (secondary N) is 1. The molecule has 1 aromatic rings. The minimum Gasteiger partial charge on any atom is -0.309 e. The Balaban J connectivity index is 2.02. The average molecular weight is 380 g/mol. The van der Waals surface area contributed by atoms with E-state index in [9.17, 15) is 26.8 Å². The van der Waals surface area contributed by atoms with E-state index in [1.165, 1.54) is 0 Å². The number of halogens is 3. The summed E-state index contributed by atoms with van der Waals surface area (Å²) in [5.41, 5.74) is -0.614. The van der Waals surface area contributed by atoms with E-state index in [0.29, 0.717) is 4.90 Å². The van der Waals surface area contributed by atoms with Crippen molar-refractivity contribution in [3.8, 4) is 0 Å². The van der Waals surface area contributed by atoms with Crippen molar-refractivity contribution in [1.29, 1.82) is 0 Å². The molecule has 2 aliphatic heterocycles. The Morgan fingerprint density at radius 2 is 2.00 bits per heavy atom. The Labute approximate surface area is 141 Å². The molecule has 2 atom stereocenters. The highest BCUT2D eigenvalue weighted by Gasteiger charge is 2.52. The van der Waals surface area contributed by atoms with Gasteiger partial charge in [0.25, 0.3) is 5.91 Å². The van der Waals surface area contributed by atoms with Crippen LogP contribution in [0.15, 0.2) is 12.1 Å². The SMILES string of the molecule is CS(=O)(=O)Nc1cc(N2C(=O)[C@H]3C[C@H](F)CN3C2=O)c(F)cc1Cl. The molecule has 0 aliphatic carbocycles. The van der Waals surface area contributed by atoms with Gasteiger partial charge in [-0.15, -0.1) is 0 Å². The summed E-state index contributed by atoms with van der Waals surface area (Å²) in [5.74, 6) is -1.73. The van der Waals surface area contributed by atoms with Crippen molar-refractivity contribution in [2.24, 2.45) is 0 Å². The number of carbonyl (C=O) groups excluding carboxylic acids is 2. The summed E-state index contributed by atoms with van der Waals surface area (Å²) in [6.07, 6.45) is -0.580. The Morgan fingerprint density at radius 3 is 2.58 bits per heavy atom. The lowest BCUT2D eigenvalue weighted by atomic mass is 10.2. The fourth-order valence-electron chi connectivity index (χ4n) is 2.81. The van der Waals surface area contributed by atoms with E-state index < -0.39 is 45.7 Å². The second-order valence-electron chi connectivity index (χ2n) is 5.62. The maximum atomic E-state index is 14.2. The summed E-state index contributed by atoms with van der Waals surface area (Å²) in [6, 6.07) is -0.0683. The van der Waals surface area contributed by atoms with Crippen LogP contribution in [-0.2, 0) is 14.8 Å². The van der Waals surface area contributed by atoms with Crippen LogP contribution in [0.1, 0.15) is 6.42 Å². The molecule has 11 heteroatoms. The number of carbonyl (C=O) groups is 2. The first-order valence-electron chi connectivity index (χ1n) is 6.84. The lowest BCUT2D eigenvalue weighted by Gasteiger charge is -2.18. The van der Waals surface area contributed by atoms with Crippen LogP contribution >= 0.6 is 11.6 Å². The molecule has 1 aromatic carbocycles. The van der Waals surface area contributed by atoms with Gasteiger partial charge in [0.1, 0.15) is 18.0 Å². The molecule has 0 bridgehead atoms. The number of urea groups is 1. The third kappa shape index (κ3) is 2.80. The summed E-state index contributed by atoms with van der Waals surface area (Å²) in [4.78, 5) is 26.3. The Morgan fingerprint density at radius 1 is 1.33 bits per heavy atom. The van der Waals surface area contributed by atoms with Crippen LogP contribution in [-0.4, -0.2) is 50.3 Å². The summed E-state index contributed by atoms with van der Waals surface area (Å²) < 4.78 is 52.3. The van der Waals surface area contributed by atoms with Gasteiger partial charge in [-0.05, 0) is 12.1 Å². The normalized spacial score (nSPS) is 23.8. The number of nitrogens with zero attached hydrogens (tertiary/aromatic N) is 2. The second kappa shape index (κ2) is 5.55. The molecule has 24 heavy (non-hydrogen) atoms. The smallest absolute Gasteiger partial charge is 0.309 e. The third-order valence-electron chi connectivity index (χ3n) is 3.77. The molecule has 2 saturated heterocycles. The fourth-order valence-corrected chi connectivity index (χ4v) is 3.63. The number of sulfonamides is 1. The number of rotatable bonds is 3. The van der Waals surface area contributed by atoms with Gasteiger partial charge in [0.2, 0.25) is 10.0 Å². The predicted octanol–water partition coefficient (Wildman–Crippen LogP) is 1.73. The van der Waals surface area contributed by atoms with E-state index in [1.807, 2.05) is 0 Å². The Kier molecular flexibility index (Phi) is 3.91. The first-order chi connectivity index (χ1) is 11.1. The van der Waals surface area contributed by atoms with Crippen molar-refractivity contribution < 1.29 is 26.8 Å². The topological polar surface area (TPSA) is 86.8 Å². The zero-order valence-corrected chi connectivity index (χ0v) is 13.9. The molecule has 3 rings (SSSR count). The summed E-state index contributed by atoms with van der Waals surface area (Å²) >= 11 is 5.79. The summed E-state index contributed by atoms with van der Waals surface area (Å²) in [6.45, 7) is -0.241. The number of alkyl halides is 1. The van der Waals surface area contributed by atoms with Gasteiger partial charge in [-0.25, -0.2) is 26.9 Å². The quantitative estimate of drug-likeness (QED) is 0.810. The third-order valence-corrected chi connectivity index (χ3v) is 4.67. The number of amides is 3. The van der Waals surface area contributed by atoms with Crippen molar-refractivity contribution in [2.45, 2.75) is 18.6 Å². The van der Waals surface area contributed by atoms with E-state index in [0.717, 1.165) is 23.3 Å². The number of anilines is 2. The molecule has 2 fully saturated rings. The Bertz CT molecular complexity index is 824. The maximum absolute atomic E-state index is 14.2. The molecular formula is C13H12ClF2N3O4S. The highest BCUT2D eigenvalue weighted by atomic mass is 35.5. The number of benzene rings is 1. The van der Waals surface area contributed by atoms with Crippen molar-refractivity contribution in [3.05, 3.63) is 23.0 Å². The van der Waals surface area contributed by atoms with Crippen molar-refractivity contribution >= 4 is 44.9 Å². The van der Waals surface area contributed by atoms with Gasteiger partial charge in [0, 0.05) is 6.42 Å². The molecule has 0 saturated carbocycles. The standard InChI is InChI=1S/C13H12ClF2N3O4S/c1-24(22,23)17-9-4-10(8(16)3-7(9)14)19-12(20)11-2-6(15)5-18(11)13(19)21/h3-4,6,11,17H,2,5H2,1H3/t6-,11+/m0/s1. The largest absolute Gasteiger partial charge is 0.332 e. The molecule has 3 amide bonds. The number of fused-ring (bicyclic) bond motifs is 1. The van der Waals surface area contributed by atoms with Gasteiger partial charge >= 0.3 is 6.03 Å². The van der Waals surface area contributed by atoms with Crippen LogP contribution in [0, 0.1) is 5.82 Å². The lowest BCUT2D eigenvalue weighted by Crippen LogP contribution is -2.35. The molecule has 0 radical (unpaired) electrons. The van der Waals surface area contributed by atoms with Crippen LogP contribution in [0.4, 0.5) is 25.0 Å². The minimum atomic E-state index is -3.71. The molecule has 2 aliphatic rings. The van der Waals surface area contributed by atoms with Crippen LogP contribution < -0.4 is 9.62 Å². The van der Waals surface area contributed by atoms with Gasteiger partial charge < -0.3 is 4.90 Å². The van der Waals surface area contributed by atoms with Crippen LogP contribution in [0.25, 0.3) is 0 Å². The van der Waals surface area contributed by atoms with Gasteiger partial charge in [-0.2, -0.15) is 0 Å². The second-order valence-corrected chi connectivity index (χ2v) is 7.77. The number of hydrogen-bond acceptors (Lipinski definition) is 4. The first-order valence-corrected chi connectivity index (χ1v) is 9.11. The van der Waals surface area contributed by atoms with Gasteiger partial charge in [-0.3, -0.25) is 9.52 Å². The summed E-state index contributed by atoms with van der Waals surface area (Å²) in [5, 5.41) is -0.231. The number of hydrogen-bond donors (Lipinski definition) is 1. The van der Waals surface area contributed by atoms with E-state index in [1.54, 1.807) is 0 Å². The van der Waals surface area contributed by atoms with Crippen molar-refractivity contribution in [1.82, 2.24) is 4.90 Å². The molecular weight excluding hydrogens is 368 g/mol. The first kappa shape index (κ1) is 16.9. The van der Waals surface area contributed by atoms with Crippen molar-refractivity contribution in [3.63, 3.8) is 0 Å². The lowest BCUT2D eigenvalue weighted by molar-refractivity contribution is -0.119. The molecule has 1 N–H and O–H groups in total. The zero-order chi connectivity index (χ0) is 17.8. The highest BCUT2D eigenvalue weighted by molar-refractivity contribution is 7.92. The maximum Gasteiger partial charge on any atom is 0.332 e. The van der Waals surface area contributed by atoms with Crippen molar-refractivity contribution in [2.75, 3.05) is 22.4 Å². The highest BCUT2D eigenvalue weighted by Crippen LogP contribution is 2.37. The summed E-state index contributed by atoms with van der Waals surface area (Å²) in [7, 11) is -3.71. The number of imide groups is 1. The average Bonchev–Trinajstić information content (AvgIpc) is 2.92. The fraction of sp³-hybridized carbons (Fsp3) is 0.385. The molecule has 7 nitrogen and oxygen atoms in total. The monoisotopic (exact) mass is 379 g/mol. The minimum absolute atomic E-state index is 0.148. The van der Waals surface area contributed by atoms with E-state index in [-0.39, 0.29) is 23.7 Å². The van der Waals surface area contributed by atoms with Gasteiger partial charge in [0.05, 0.1) is 29.2 Å². The molecule has 130 valence electrons. The van der Waals surface area contributed by atoms with Gasteiger partial charge in [0.15, 0.2) is 0 Å². The predicted molar refractivity (Wildman–Crippen MR) is 82.8 cm³/mol. The Hall–Kier alpha value is -1.94. The van der Waals surface area contributed by atoms with Crippen LogP contribution in [0.3, 0.4) is 0 Å². The molecule has 0 aromatic heterocycles. The van der Waals surface area contributed by atoms with E-state index >= 15 is 0 Å². The van der Waals surface area contributed by atoms with E-state index in [4.69, 9.17) is 11.6 Å². The molecule has 0 unspecified atom stereocenters. The molecule has 2 heterocycles. The van der Waals surface area contributed by atoms with Crippen LogP contribution in [0.5, 0.6) is 0 Å².